The van der Waals surface area contributed by atoms with Crippen molar-refractivity contribution in [3.63, 3.8) is 0 Å². The molecule has 0 aliphatic carbocycles. The van der Waals surface area contributed by atoms with Gasteiger partial charge in [-0.15, -0.1) is 0 Å². The van der Waals surface area contributed by atoms with Crippen LogP contribution < -0.4 is 0 Å². The van der Waals surface area contributed by atoms with Gasteiger partial charge >= 0.3 is 5.97 Å². The lowest BCUT2D eigenvalue weighted by atomic mass is 10.3. The van der Waals surface area contributed by atoms with E-state index in [4.69, 9.17) is 5.11 Å². The second-order valence-electron chi connectivity index (χ2n) is 3.21. The van der Waals surface area contributed by atoms with Gasteiger partial charge in [0.2, 0.25) is 0 Å². The monoisotopic (exact) mass is 249 g/mol. The highest BCUT2D eigenvalue weighted by atomic mass is 32.2. The van der Waals surface area contributed by atoms with Gasteiger partial charge in [0.15, 0.2) is 5.69 Å². The molecule has 0 amide bonds. The molecular formula is C12H8FNO2S. The van der Waals surface area contributed by atoms with Crippen LogP contribution >= 0.6 is 11.8 Å². The Labute approximate surface area is 101 Å². The topological polar surface area (TPSA) is 50.2 Å². The van der Waals surface area contributed by atoms with Crippen molar-refractivity contribution in [3.8, 4) is 0 Å². The summed E-state index contributed by atoms with van der Waals surface area (Å²) < 4.78 is 13.0. The van der Waals surface area contributed by atoms with Gasteiger partial charge in [-0.3, -0.25) is 0 Å². The van der Waals surface area contributed by atoms with Crippen LogP contribution in [0.5, 0.6) is 0 Å². The highest BCUT2D eigenvalue weighted by Gasteiger charge is 2.12. The summed E-state index contributed by atoms with van der Waals surface area (Å²) in [4.78, 5) is 15.8. The number of halogens is 1. The average Bonchev–Trinajstić information content (AvgIpc) is 2.29. The smallest absolute Gasteiger partial charge is 0.355 e. The molecule has 2 aromatic rings. The first-order chi connectivity index (χ1) is 8.16. The second kappa shape index (κ2) is 4.97. The number of carboxylic acids is 1. The van der Waals surface area contributed by atoms with E-state index in [1.807, 2.05) is 0 Å². The van der Waals surface area contributed by atoms with Crippen molar-refractivity contribution in [2.75, 3.05) is 0 Å². The summed E-state index contributed by atoms with van der Waals surface area (Å²) >= 11 is 1.17. The molecule has 0 fully saturated rings. The molecule has 0 radical (unpaired) electrons. The predicted molar refractivity (Wildman–Crippen MR) is 61.7 cm³/mol. The molecule has 0 bridgehead atoms. The predicted octanol–water partition coefficient (Wildman–Crippen LogP) is 3.07. The molecule has 2 rings (SSSR count). The number of hydrogen-bond acceptors (Lipinski definition) is 3. The molecule has 5 heteroatoms. The van der Waals surface area contributed by atoms with Crippen LogP contribution in [0.3, 0.4) is 0 Å². The van der Waals surface area contributed by atoms with Crippen LogP contribution in [0.15, 0.2) is 52.4 Å². The van der Waals surface area contributed by atoms with Gasteiger partial charge < -0.3 is 5.11 Å². The number of hydrogen-bond donors (Lipinski definition) is 1. The summed E-state index contributed by atoms with van der Waals surface area (Å²) in [7, 11) is 0. The molecule has 17 heavy (non-hydrogen) atoms. The molecule has 86 valence electrons. The van der Waals surface area contributed by atoms with E-state index in [9.17, 15) is 9.18 Å². The number of aromatic carboxylic acids is 1. The zero-order valence-corrected chi connectivity index (χ0v) is 9.45. The molecule has 0 saturated heterocycles. The van der Waals surface area contributed by atoms with Gasteiger partial charge in [-0.05, 0) is 30.3 Å². The van der Waals surface area contributed by atoms with E-state index in [0.717, 1.165) is 0 Å². The third-order valence-electron chi connectivity index (χ3n) is 2.00. The largest absolute Gasteiger partial charge is 0.476 e. The number of carbonyl (C=O) groups is 1. The van der Waals surface area contributed by atoms with Crippen LogP contribution in [0.25, 0.3) is 0 Å². The minimum atomic E-state index is -1.09. The second-order valence-corrected chi connectivity index (χ2v) is 4.33. The first kappa shape index (κ1) is 11.6. The Morgan fingerprint density at radius 3 is 2.82 bits per heavy atom. The number of rotatable bonds is 3. The standard InChI is InChI=1S/C12H8FNO2S/c13-8-3-1-4-9(7-8)17-10-5-2-6-14-11(10)12(15)16/h1-7H,(H,15,16). The van der Waals surface area contributed by atoms with Crippen molar-refractivity contribution < 1.29 is 14.3 Å². The van der Waals surface area contributed by atoms with Crippen LogP contribution in [0, 0.1) is 5.82 Å². The SMILES string of the molecule is O=C(O)c1ncccc1Sc1cccc(F)c1. The fourth-order valence-corrected chi connectivity index (χ4v) is 2.25. The molecular weight excluding hydrogens is 241 g/mol. The fourth-order valence-electron chi connectivity index (χ4n) is 1.29. The van der Waals surface area contributed by atoms with E-state index in [1.54, 1.807) is 24.3 Å². The molecule has 0 saturated carbocycles. The molecule has 1 aromatic heterocycles. The average molecular weight is 249 g/mol. The van der Waals surface area contributed by atoms with Crippen LogP contribution in [0.4, 0.5) is 4.39 Å². The summed E-state index contributed by atoms with van der Waals surface area (Å²) in [6, 6.07) is 9.27. The number of pyridine rings is 1. The highest BCUT2D eigenvalue weighted by molar-refractivity contribution is 7.99. The molecule has 0 unspecified atom stereocenters. The van der Waals surface area contributed by atoms with E-state index in [-0.39, 0.29) is 11.5 Å². The Morgan fingerprint density at radius 2 is 2.12 bits per heavy atom. The Balaban J connectivity index is 2.33. The highest BCUT2D eigenvalue weighted by Crippen LogP contribution is 2.29. The van der Waals surface area contributed by atoms with Crippen molar-refractivity contribution in [2.45, 2.75) is 9.79 Å². The third kappa shape index (κ3) is 2.82. The molecule has 1 heterocycles. The normalized spacial score (nSPS) is 10.2. The number of carboxylic acid groups (broad SMARTS) is 1. The van der Waals surface area contributed by atoms with E-state index < -0.39 is 5.97 Å². The molecule has 0 spiro atoms. The Hall–Kier alpha value is -1.88. The summed E-state index contributed by atoms with van der Waals surface area (Å²) in [5.41, 5.74) is -0.0261. The lowest BCUT2D eigenvalue weighted by Crippen LogP contribution is -2.01. The molecule has 0 aliphatic rings. The van der Waals surface area contributed by atoms with Crippen molar-refractivity contribution in [1.29, 1.82) is 0 Å². The van der Waals surface area contributed by atoms with Crippen molar-refractivity contribution in [2.24, 2.45) is 0 Å². The Bertz CT molecular complexity index is 560. The van der Waals surface area contributed by atoms with Crippen molar-refractivity contribution in [1.82, 2.24) is 4.98 Å². The summed E-state index contributed by atoms with van der Waals surface area (Å²) in [6.07, 6.45) is 1.42. The van der Waals surface area contributed by atoms with Crippen LogP contribution in [-0.2, 0) is 0 Å². The minimum Gasteiger partial charge on any atom is -0.476 e. The Morgan fingerprint density at radius 1 is 1.29 bits per heavy atom. The molecule has 0 atom stereocenters. The van der Waals surface area contributed by atoms with E-state index in [2.05, 4.69) is 4.98 Å². The summed E-state index contributed by atoms with van der Waals surface area (Å²) in [6.45, 7) is 0. The van der Waals surface area contributed by atoms with Gasteiger partial charge in [0.05, 0.1) is 0 Å². The van der Waals surface area contributed by atoms with Crippen LogP contribution in [0.2, 0.25) is 0 Å². The first-order valence-corrected chi connectivity index (χ1v) is 5.60. The van der Waals surface area contributed by atoms with Crippen LogP contribution in [-0.4, -0.2) is 16.1 Å². The first-order valence-electron chi connectivity index (χ1n) is 4.78. The summed E-state index contributed by atoms with van der Waals surface area (Å²) in [5, 5.41) is 8.95. The minimum absolute atomic E-state index is 0.0261. The maximum atomic E-state index is 13.0. The Kier molecular flexibility index (Phi) is 3.39. The van der Waals surface area contributed by atoms with Gasteiger partial charge in [-0.2, -0.15) is 0 Å². The van der Waals surface area contributed by atoms with Crippen LogP contribution in [0.1, 0.15) is 10.5 Å². The van der Waals surface area contributed by atoms with Crippen molar-refractivity contribution >= 4 is 17.7 Å². The molecule has 1 aromatic carbocycles. The van der Waals surface area contributed by atoms with Gasteiger partial charge in [0.1, 0.15) is 5.82 Å². The number of benzene rings is 1. The van der Waals surface area contributed by atoms with E-state index >= 15 is 0 Å². The maximum absolute atomic E-state index is 13.0. The number of nitrogens with zero attached hydrogens (tertiary/aromatic N) is 1. The van der Waals surface area contributed by atoms with Gasteiger partial charge in [-0.1, -0.05) is 17.8 Å². The van der Waals surface area contributed by atoms with Gasteiger partial charge in [0, 0.05) is 16.0 Å². The fraction of sp³-hybridized carbons (Fsp3) is 0. The van der Waals surface area contributed by atoms with E-state index in [1.165, 1.54) is 30.1 Å². The lowest BCUT2D eigenvalue weighted by molar-refractivity contribution is 0.0686. The lowest BCUT2D eigenvalue weighted by Gasteiger charge is -2.04. The zero-order chi connectivity index (χ0) is 12.3. The molecule has 1 N–H and O–H groups in total. The zero-order valence-electron chi connectivity index (χ0n) is 8.63. The van der Waals surface area contributed by atoms with E-state index in [0.29, 0.717) is 9.79 Å². The molecule has 3 nitrogen and oxygen atoms in total. The summed E-state index contributed by atoms with van der Waals surface area (Å²) in [5.74, 6) is -1.44. The van der Waals surface area contributed by atoms with Gasteiger partial charge in [0.25, 0.3) is 0 Å². The van der Waals surface area contributed by atoms with Crippen molar-refractivity contribution in [3.05, 3.63) is 54.1 Å². The maximum Gasteiger partial charge on any atom is 0.355 e. The third-order valence-corrected chi connectivity index (χ3v) is 3.04. The number of aromatic nitrogens is 1. The quantitative estimate of drug-likeness (QED) is 0.908. The molecule has 0 aliphatic heterocycles. The van der Waals surface area contributed by atoms with Gasteiger partial charge in [-0.25, -0.2) is 14.2 Å².